The summed E-state index contributed by atoms with van der Waals surface area (Å²) in [7, 11) is 0. The van der Waals surface area contributed by atoms with Crippen LogP contribution >= 0.6 is 0 Å². The fourth-order valence-electron chi connectivity index (χ4n) is 5.04. The second kappa shape index (κ2) is 13.3. The van der Waals surface area contributed by atoms with E-state index < -0.39 is 12.2 Å². The summed E-state index contributed by atoms with van der Waals surface area (Å²) in [5.74, 6) is 0.501. The predicted octanol–water partition coefficient (Wildman–Crippen LogP) is 5.50. The van der Waals surface area contributed by atoms with E-state index >= 15 is 0 Å². The number of carbonyl (C=O) groups is 1. The summed E-state index contributed by atoms with van der Waals surface area (Å²) in [4.78, 5) is 26.1. The number of nitrogens with zero attached hydrogens (tertiary/aromatic N) is 2. The van der Waals surface area contributed by atoms with Gasteiger partial charge in [0.25, 0.3) is 5.56 Å². The Kier molecular flexibility index (Phi) is 9.11. The molecule has 1 aromatic heterocycles. The van der Waals surface area contributed by atoms with Crippen molar-refractivity contribution in [2.45, 2.75) is 38.2 Å². The fourth-order valence-corrected chi connectivity index (χ4v) is 5.04. The van der Waals surface area contributed by atoms with E-state index in [9.17, 15) is 14.7 Å². The number of carboxylic acid groups (broad SMARTS) is 1. The van der Waals surface area contributed by atoms with Crippen molar-refractivity contribution in [1.29, 1.82) is 0 Å². The molecule has 2 atom stereocenters. The van der Waals surface area contributed by atoms with E-state index in [4.69, 9.17) is 14.2 Å². The SMILES string of the molecule is O=C(O)N1CCC(n2ccc(OCCCOCc3ccccc3)cc2=O)C(OCc2ccc3ccccc3c2)C1. The van der Waals surface area contributed by atoms with Gasteiger partial charge in [0.05, 0.1) is 45.1 Å². The fraction of sp³-hybridized carbons (Fsp3) is 0.312. The van der Waals surface area contributed by atoms with Crippen molar-refractivity contribution in [2.24, 2.45) is 0 Å². The van der Waals surface area contributed by atoms with Crippen molar-refractivity contribution < 1.29 is 24.1 Å². The lowest BCUT2D eigenvalue weighted by Crippen LogP contribution is -2.49. The van der Waals surface area contributed by atoms with Crippen molar-refractivity contribution in [3.63, 3.8) is 0 Å². The third kappa shape index (κ3) is 7.08. The smallest absolute Gasteiger partial charge is 0.407 e. The van der Waals surface area contributed by atoms with Gasteiger partial charge in [-0.05, 0) is 40.5 Å². The molecule has 0 bridgehead atoms. The molecule has 8 nitrogen and oxygen atoms in total. The van der Waals surface area contributed by atoms with Crippen LogP contribution < -0.4 is 10.3 Å². The average molecular weight is 543 g/mol. The highest BCUT2D eigenvalue weighted by atomic mass is 16.5. The minimum absolute atomic E-state index is 0.196. The first kappa shape index (κ1) is 27.4. The van der Waals surface area contributed by atoms with Gasteiger partial charge in [0.15, 0.2) is 0 Å². The highest BCUT2D eigenvalue weighted by Gasteiger charge is 2.34. The number of rotatable bonds is 11. The third-order valence-corrected chi connectivity index (χ3v) is 7.16. The van der Waals surface area contributed by atoms with E-state index in [1.165, 1.54) is 11.0 Å². The molecule has 1 saturated heterocycles. The monoisotopic (exact) mass is 542 g/mol. The quantitative estimate of drug-likeness (QED) is 0.252. The van der Waals surface area contributed by atoms with Gasteiger partial charge in [-0.1, -0.05) is 66.7 Å². The van der Waals surface area contributed by atoms with E-state index in [2.05, 4.69) is 24.3 Å². The predicted molar refractivity (Wildman–Crippen MR) is 153 cm³/mol. The molecule has 208 valence electrons. The summed E-state index contributed by atoms with van der Waals surface area (Å²) in [6.45, 7) is 2.41. The van der Waals surface area contributed by atoms with Crippen LogP contribution in [0.4, 0.5) is 4.79 Å². The van der Waals surface area contributed by atoms with Crippen LogP contribution in [-0.2, 0) is 22.7 Å². The summed E-state index contributed by atoms with van der Waals surface area (Å²) in [5, 5.41) is 11.8. The summed E-state index contributed by atoms with van der Waals surface area (Å²) in [6.07, 6.45) is 1.45. The summed E-state index contributed by atoms with van der Waals surface area (Å²) >= 11 is 0. The van der Waals surface area contributed by atoms with Crippen molar-refractivity contribution in [3.8, 4) is 5.75 Å². The molecule has 3 aromatic carbocycles. The van der Waals surface area contributed by atoms with E-state index in [-0.39, 0.29) is 18.1 Å². The zero-order valence-corrected chi connectivity index (χ0v) is 22.4. The standard InChI is InChI=1S/C32H34N2O6/c35-31-20-28(39-18-6-17-38-22-24-7-2-1-3-8-24)13-16-34(31)29-14-15-33(32(36)37)21-30(29)40-23-25-11-12-26-9-4-5-10-27(26)19-25/h1-5,7-13,16,19-20,29-30H,6,14-15,17-18,21-23H2,(H,36,37). The Morgan fingerprint density at radius 3 is 2.48 bits per heavy atom. The maximum atomic E-state index is 13.1. The Bertz CT molecular complexity index is 1470. The minimum atomic E-state index is -0.985. The Morgan fingerprint density at radius 1 is 0.875 bits per heavy atom. The molecular formula is C32H34N2O6. The Hall–Kier alpha value is -4.14. The van der Waals surface area contributed by atoms with Gasteiger partial charge in [-0.3, -0.25) is 4.79 Å². The molecule has 1 aliphatic heterocycles. The minimum Gasteiger partial charge on any atom is -0.493 e. The average Bonchev–Trinajstić information content (AvgIpc) is 2.98. The van der Waals surface area contributed by atoms with Crippen molar-refractivity contribution in [2.75, 3.05) is 26.3 Å². The number of fused-ring (bicyclic) bond motifs is 1. The second-order valence-corrected chi connectivity index (χ2v) is 9.96. The molecule has 0 radical (unpaired) electrons. The molecule has 1 amide bonds. The van der Waals surface area contributed by atoms with Gasteiger partial charge in [0.1, 0.15) is 5.75 Å². The molecule has 4 aromatic rings. The van der Waals surface area contributed by atoms with Crippen molar-refractivity contribution >= 4 is 16.9 Å². The Balaban J connectivity index is 1.18. The van der Waals surface area contributed by atoms with Gasteiger partial charge < -0.3 is 28.8 Å². The van der Waals surface area contributed by atoms with Crippen LogP contribution in [-0.4, -0.2) is 53.1 Å². The molecule has 1 aliphatic rings. The van der Waals surface area contributed by atoms with Gasteiger partial charge >= 0.3 is 6.09 Å². The second-order valence-electron chi connectivity index (χ2n) is 9.96. The molecular weight excluding hydrogens is 508 g/mol. The van der Waals surface area contributed by atoms with Crippen LogP contribution in [0.15, 0.2) is 95.9 Å². The van der Waals surface area contributed by atoms with Crippen LogP contribution in [0.5, 0.6) is 5.75 Å². The largest absolute Gasteiger partial charge is 0.493 e. The number of aromatic nitrogens is 1. The number of amides is 1. The zero-order chi connectivity index (χ0) is 27.7. The molecule has 0 saturated carbocycles. The number of hydrogen-bond donors (Lipinski definition) is 1. The van der Waals surface area contributed by atoms with E-state index in [1.807, 2.05) is 48.5 Å². The molecule has 40 heavy (non-hydrogen) atoms. The van der Waals surface area contributed by atoms with Gasteiger partial charge in [-0.25, -0.2) is 4.79 Å². The summed E-state index contributed by atoms with van der Waals surface area (Å²) in [5.41, 5.74) is 1.92. The Labute approximate surface area is 233 Å². The van der Waals surface area contributed by atoms with E-state index in [0.717, 1.165) is 21.9 Å². The first-order valence-corrected chi connectivity index (χ1v) is 13.6. The van der Waals surface area contributed by atoms with Gasteiger partial charge in [0, 0.05) is 25.2 Å². The summed E-state index contributed by atoms with van der Waals surface area (Å²) < 4.78 is 19.4. The first-order valence-electron chi connectivity index (χ1n) is 13.6. The molecule has 0 spiro atoms. The lowest BCUT2D eigenvalue weighted by Gasteiger charge is -2.38. The maximum absolute atomic E-state index is 13.1. The molecule has 5 rings (SSSR count). The van der Waals surface area contributed by atoms with Crippen molar-refractivity contribution in [1.82, 2.24) is 9.47 Å². The molecule has 8 heteroatoms. The maximum Gasteiger partial charge on any atom is 0.407 e. The van der Waals surface area contributed by atoms with Crippen LogP contribution in [0.25, 0.3) is 10.8 Å². The van der Waals surface area contributed by atoms with E-state index in [1.54, 1.807) is 16.8 Å². The first-order chi connectivity index (χ1) is 19.6. The van der Waals surface area contributed by atoms with Crippen LogP contribution in [0.1, 0.15) is 30.0 Å². The van der Waals surface area contributed by atoms with Crippen molar-refractivity contribution in [3.05, 3.63) is 113 Å². The number of likely N-dealkylation sites (tertiary alicyclic amines) is 1. The Morgan fingerprint density at radius 2 is 1.68 bits per heavy atom. The highest BCUT2D eigenvalue weighted by molar-refractivity contribution is 5.82. The van der Waals surface area contributed by atoms with Crippen LogP contribution in [0.3, 0.4) is 0 Å². The molecule has 2 unspecified atom stereocenters. The van der Waals surface area contributed by atoms with E-state index in [0.29, 0.717) is 51.6 Å². The lowest BCUT2D eigenvalue weighted by atomic mass is 10.0. The molecule has 1 fully saturated rings. The lowest BCUT2D eigenvalue weighted by molar-refractivity contribution is -0.0374. The zero-order valence-electron chi connectivity index (χ0n) is 22.4. The topological polar surface area (TPSA) is 90.2 Å². The number of piperidine rings is 1. The van der Waals surface area contributed by atoms with Gasteiger partial charge in [-0.2, -0.15) is 0 Å². The molecule has 2 heterocycles. The molecule has 0 aliphatic carbocycles. The number of pyridine rings is 1. The summed E-state index contributed by atoms with van der Waals surface area (Å²) in [6, 6.07) is 27.2. The van der Waals surface area contributed by atoms with Gasteiger partial charge in [0.2, 0.25) is 0 Å². The molecule has 1 N–H and O–H groups in total. The highest BCUT2D eigenvalue weighted by Crippen LogP contribution is 2.27. The van der Waals surface area contributed by atoms with Gasteiger partial charge in [-0.15, -0.1) is 0 Å². The van der Waals surface area contributed by atoms with Crippen LogP contribution in [0, 0.1) is 0 Å². The number of benzene rings is 3. The number of ether oxygens (including phenoxy) is 3. The van der Waals surface area contributed by atoms with Crippen LogP contribution in [0.2, 0.25) is 0 Å². The number of hydrogen-bond acceptors (Lipinski definition) is 5. The normalized spacial score (nSPS) is 17.1. The third-order valence-electron chi connectivity index (χ3n) is 7.16.